The molecular weight excluding hydrogens is 115 g/mol. The van der Waals surface area contributed by atoms with Gasteiger partial charge < -0.3 is 4.79 Å². The van der Waals surface area contributed by atoms with E-state index in [1.807, 2.05) is 0 Å². The number of rotatable bonds is 3. The van der Waals surface area contributed by atoms with E-state index < -0.39 is 0 Å². The predicted molar refractivity (Wildman–Crippen MR) is 33.1 cm³/mol. The van der Waals surface area contributed by atoms with E-state index in [9.17, 15) is 9.59 Å². The summed E-state index contributed by atoms with van der Waals surface area (Å²) < 4.78 is 0. The Kier molecular flexibility index (Phi) is 10.3. The van der Waals surface area contributed by atoms with Crippen molar-refractivity contribution in [2.45, 2.75) is 19.8 Å². The fraction of sp³-hybridized carbons (Fsp3) is 0.600. The first-order chi connectivity index (χ1) is 3.31. The van der Waals surface area contributed by atoms with Crippen LogP contribution in [0.3, 0.4) is 0 Å². The van der Waals surface area contributed by atoms with Crippen LogP contribution < -0.4 is 0 Å². The quantitative estimate of drug-likeness (QED) is 0.299. The average molecular weight is 124 g/mol. The van der Waals surface area contributed by atoms with E-state index in [4.69, 9.17) is 0 Å². The van der Waals surface area contributed by atoms with Crippen molar-refractivity contribution in [3.8, 4) is 0 Å². The molecule has 0 aliphatic carbocycles. The van der Waals surface area contributed by atoms with Crippen molar-refractivity contribution in [2.24, 2.45) is 0 Å². The minimum atomic E-state index is 0. The first kappa shape index (κ1) is 11.2. The van der Waals surface area contributed by atoms with Gasteiger partial charge in [-0.05, 0) is 0 Å². The maximum absolute atomic E-state index is 10.2. The summed E-state index contributed by atoms with van der Waals surface area (Å²) in [6.07, 6.45) is 1.18. The third-order valence-corrected chi connectivity index (χ3v) is 0.705. The second-order valence-electron chi connectivity index (χ2n) is 1.26. The Hall–Kier alpha value is 0.340. The molecule has 42 valence electrons. The molecule has 0 aromatic heterocycles. The van der Waals surface area contributed by atoms with Crippen molar-refractivity contribution in [1.29, 1.82) is 0 Å². The molecule has 0 aliphatic rings. The number of hydrogen-bond donors (Lipinski definition) is 0. The molecule has 0 spiro atoms. The van der Waals surface area contributed by atoms with Crippen LogP contribution in [0.25, 0.3) is 0 Å². The summed E-state index contributed by atoms with van der Waals surface area (Å²) in [4.78, 5) is 19.7. The molecule has 0 radical (unpaired) electrons. The molecule has 0 atom stereocenters. The predicted octanol–water partition coefficient (Wildman–Crippen LogP) is -0.0940. The van der Waals surface area contributed by atoms with Crippen LogP contribution in [0.4, 0.5) is 0 Å². The Morgan fingerprint density at radius 2 is 2.12 bits per heavy atom. The molecule has 0 aromatic carbocycles. The number of hydrogen-bond acceptors (Lipinski definition) is 2. The number of carbonyl (C=O) groups excluding carboxylic acids is 2. The molecule has 0 N–H and O–H groups in total. The number of carbonyl (C=O) groups is 2. The Balaban J connectivity index is 0. The Bertz CT molecular complexity index is 80.5. The zero-order chi connectivity index (χ0) is 5.70. The molecule has 0 fully saturated rings. The second kappa shape index (κ2) is 7.34. The molecule has 0 amide bonds. The fourth-order valence-electron chi connectivity index (χ4n) is 0.237. The van der Waals surface area contributed by atoms with E-state index in [1.165, 1.54) is 0 Å². The van der Waals surface area contributed by atoms with E-state index >= 15 is 0 Å². The summed E-state index contributed by atoms with van der Waals surface area (Å²) in [6, 6.07) is 0. The van der Waals surface area contributed by atoms with E-state index in [-0.39, 0.29) is 41.8 Å². The standard InChI is InChI=1S/C5H8O2.Na.H/c1-2-5(7)3-4-6;;/h4H,2-3H2,1H3;;. The second-order valence-corrected chi connectivity index (χ2v) is 1.26. The molecule has 3 heteroatoms. The van der Waals surface area contributed by atoms with E-state index in [0.29, 0.717) is 12.7 Å². The Morgan fingerprint density at radius 3 is 2.25 bits per heavy atom. The van der Waals surface area contributed by atoms with Gasteiger partial charge in [0.05, 0.1) is 6.42 Å². The molecule has 0 aromatic rings. The van der Waals surface area contributed by atoms with Crippen LogP contribution in [0.2, 0.25) is 0 Å². The van der Waals surface area contributed by atoms with E-state index in [0.717, 1.165) is 0 Å². The van der Waals surface area contributed by atoms with Crippen LogP contribution in [0.15, 0.2) is 0 Å². The number of Topliss-reactive ketones (excluding diaryl/α,β-unsaturated/α-hetero) is 1. The summed E-state index contributed by atoms with van der Waals surface area (Å²) in [7, 11) is 0. The number of aldehydes is 1. The van der Waals surface area contributed by atoms with E-state index in [1.54, 1.807) is 6.92 Å². The van der Waals surface area contributed by atoms with Gasteiger partial charge in [-0.1, -0.05) is 6.92 Å². The van der Waals surface area contributed by atoms with Crippen LogP contribution in [0.5, 0.6) is 0 Å². The summed E-state index contributed by atoms with van der Waals surface area (Å²) in [6.45, 7) is 1.74. The number of ketones is 1. The van der Waals surface area contributed by atoms with Gasteiger partial charge in [-0.25, -0.2) is 0 Å². The molecular formula is C5H9NaO2. The van der Waals surface area contributed by atoms with Crippen LogP contribution in [-0.4, -0.2) is 41.6 Å². The van der Waals surface area contributed by atoms with Crippen molar-refractivity contribution in [2.75, 3.05) is 0 Å². The molecule has 0 saturated carbocycles. The zero-order valence-corrected chi connectivity index (χ0v) is 4.31. The van der Waals surface area contributed by atoms with Crippen LogP contribution in [0.1, 0.15) is 19.8 Å². The van der Waals surface area contributed by atoms with Gasteiger partial charge in [-0.3, -0.25) is 4.79 Å². The van der Waals surface area contributed by atoms with Crippen LogP contribution in [0, 0.1) is 0 Å². The third kappa shape index (κ3) is 6.34. The Labute approximate surface area is 70.9 Å². The SMILES string of the molecule is CCC(=O)CC=O.[NaH]. The van der Waals surface area contributed by atoms with Crippen LogP contribution >= 0.6 is 0 Å². The molecule has 0 aliphatic heterocycles. The van der Waals surface area contributed by atoms with Gasteiger partial charge in [-0.15, -0.1) is 0 Å². The molecule has 0 rings (SSSR count). The molecule has 0 unspecified atom stereocenters. The summed E-state index contributed by atoms with van der Waals surface area (Å²) in [5.41, 5.74) is 0. The van der Waals surface area contributed by atoms with Crippen molar-refractivity contribution >= 4 is 41.6 Å². The zero-order valence-electron chi connectivity index (χ0n) is 4.31. The molecule has 8 heavy (non-hydrogen) atoms. The normalized spacial score (nSPS) is 7.12. The average Bonchev–Trinajstić information content (AvgIpc) is 1.68. The Morgan fingerprint density at radius 1 is 1.62 bits per heavy atom. The topological polar surface area (TPSA) is 34.1 Å². The van der Waals surface area contributed by atoms with Gasteiger partial charge in [0.25, 0.3) is 0 Å². The summed E-state index contributed by atoms with van der Waals surface area (Å²) in [5, 5.41) is 0. The maximum atomic E-state index is 10.2. The third-order valence-electron chi connectivity index (χ3n) is 0.705. The molecule has 0 saturated heterocycles. The van der Waals surface area contributed by atoms with Gasteiger partial charge in [0.1, 0.15) is 12.1 Å². The van der Waals surface area contributed by atoms with Gasteiger partial charge in [0, 0.05) is 6.42 Å². The van der Waals surface area contributed by atoms with Gasteiger partial charge >= 0.3 is 29.6 Å². The van der Waals surface area contributed by atoms with Crippen LogP contribution in [-0.2, 0) is 9.59 Å². The van der Waals surface area contributed by atoms with Crippen molar-refractivity contribution < 1.29 is 9.59 Å². The van der Waals surface area contributed by atoms with Crippen molar-refractivity contribution in [3.05, 3.63) is 0 Å². The monoisotopic (exact) mass is 124 g/mol. The molecule has 0 heterocycles. The first-order valence-corrected chi connectivity index (χ1v) is 2.26. The van der Waals surface area contributed by atoms with Crippen molar-refractivity contribution in [1.82, 2.24) is 0 Å². The summed E-state index contributed by atoms with van der Waals surface area (Å²) in [5.74, 6) is 0.00926. The first-order valence-electron chi connectivity index (χ1n) is 2.26. The van der Waals surface area contributed by atoms with Gasteiger partial charge in [0.2, 0.25) is 0 Å². The fourth-order valence-corrected chi connectivity index (χ4v) is 0.237. The minimum absolute atomic E-state index is 0. The van der Waals surface area contributed by atoms with Crippen molar-refractivity contribution in [3.63, 3.8) is 0 Å². The summed E-state index contributed by atoms with van der Waals surface area (Å²) >= 11 is 0. The van der Waals surface area contributed by atoms with E-state index in [2.05, 4.69) is 0 Å². The molecule has 0 bridgehead atoms. The van der Waals surface area contributed by atoms with Gasteiger partial charge in [0.15, 0.2) is 0 Å². The van der Waals surface area contributed by atoms with Gasteiger partial charge in [-0.2, -0.15) is 0 Å². The molecule has 2 nitrogen and oxygen atoms in total.